The van der Waals surface area contributed by atoms with Crippen molar-refractivity contribution in [3.05, 3.63) is 68.5 Å². The van der Waals surface area contributed by atoms with Crippen LogP contribution in [0.1, 0.15) is 54.0 Å². The molecule has 9 nitrogen and oxygen atoms in total. The molecule has 3 heterocycles. The summed E-state index contributed by atoms with van der Waals surface area (Å²) in [5.74, 6) is 0.517. The second kappa shape index (κ2) is 14.0. The number of benzene rings is 1. The minimum absolute atomic E-state index is 0.0833. The summed E-state index contributed by atoms with van der Waals surface area (Å²) in [6.45, 7) is 3.08. The molecular formula is C28H33N3O6S2. The molecule has 39 heavy (non-hydrogen) atoms. The lowest BCUT2D eigenvalue weighted by Gasteiger charge is -2.28. The van der Waals surface area contributed by atoms with Crippen molar-refractivity contribution in [3.63, 3.8) is 0 Å². The molecule has 0 unspecified atom stereocenters. The van der Waals surface area contributed by atoms with Crippen molar-refractivity contribution in [1.82, 2.24) is 15.5 Å². The molecule has 1 aliphatic heterocycles. The molecule has 1 aromatic carbocycles. The number of hydrogen-bond donors (Lipinski definition) is 2. The van der Waals surface area contributed by atoms with Gasteiger partial charge >= 0.3 is 12.0 Å². The molecule has 11 heteroatoms. The maximum absolute atomic E-state index is 13.8. The van der Waals surface area contributed by atoms with Gasteiger partial charge in [0.2, 0.25) is 12.7 Å². The maximum atomic E-state index is 13.8. The number of ether oxygens (including phenoxy) is 3. The molecule has 1 aliphatic rings. The van der Waals surface area contributed by atoms with Crippen LogP contribution in [0.2, 0.25) is 0 Å². The van der Waals surface area contributed by atoms with Gasteiger partial charge in [0, 0.05) is 9.75 Å². The van der Waals surface area contributed by atoms with Crippen molar-refractivity contribution in [1.29, 1.82) is 0 Å². The van der Waals surface area contributed by atoms with Gasteiger partial charge in [-0.25, -0.2) is 4.79 Å². The summed E-state index contributed by atoms with van der Waals surface area (Å²) in [7, 11) is 1.30. The topological polar surface area (TPSA) is 106 Å². The van der Waals surface area contributed by atoms with Crippen molar-refractivity contribution in [2.24, 2.45) is 0 Å². The number of unbranched alkanes of at least 4 members (excludes halogenated alkanes) is 1. The number of methoxy groups -OCH3 is 1. The van der Waals surface area contributed by atoms with E-state index < -0.39 is 24.1 Å². The third kappa shape index (κ3) is 7.96. The van der Waals surface area contributed by atoms with E-state index in [1.54, 1.807) is 45.8 Å². The quantitative estimate of drug-likeness (QED) is 0.272. The molecule has 0 saturated carbocycles. The summed E-state index contributed by atoms with van der Waals surface area (Å²) < 4.78 is 15.7. The predicted octanol–water partition coefficient (Wildman–Crippen LogP) is 5.23. The Hall–Kier alpha value is -3.57. The first-order chi connectivity index (χ1) is 19.0. The van der Waals surface area contributed by atoms with Crippen LogP contribution in [-0.2, 0) is 27.4 Å². The van der Waals surface area contributed by atoms with Gasteiger partial charge in [0.15, 0.2) is 11.5 Å². The molecule has 2 atom stereocenters. The Morgan fingerprint density at radius 3 is 2.31 bits per heavy atom. The summed E-state index contributed by atoms with van der Waals surface area (Å²) in [6.07, 6.45) is 2.07. The van der Waals surface area contributed by atoms with Crippen LogP contribution in [0.4, 0.5) is 4.79 Å². The number of urea groups is 1. The van der Waals surface area contributed by atoms with Crippen molar-refractivity contribution >= 4 is 40.6 Å². The Bertz CT molecular complexity index is 1200. The zero-order valence-electron chi connectivity index (χ0n) is 22.0. The Kier molecular flexibility index (Phi) is 10.2. The van der Waals surface area contributed by atoms with Gasteiger partial charge in [-0.3, -0.25) is 9.59 Å². The molecule has 0 radical (unpaired) electrons. The van der Waals surface area contributed by atoms with Gasteiger partial charge in [-0.15, -0.1) is 22.7 Å². The first-order valence-electron chi connectivity index (χ1n) is 12.8. The summed E-state index contributed by atoms with van der Waals surface area (Å²) in [5.41, 5.74) is 0.660. The van der Waals surface area contributed by atoms with Crippen molar-refractivity contribution in [2.75, 3.05) is 13.9 Å². The second-order valence-corrected chi connectivity index (χ2v) is 11.2. The molecule has 3 amide bonds. The molecule has 0 bridgehead atoms. The Morgan fingerprint density at radius 2 is 1.69 bits per heavy atom. The number of hydrogen-bond acceptors (Lipinski definition) is 8. The SMILES string of the molecule is CCCC[C@@H](NC(=O)N[C@@H](CC(=O)OC)c1ccc2c(c1)OCO2)C(=O)N(Cc1cccs1)Cc1cccs1. The lowest BCUT2D eigenvalue weighted by atomic mass is 10.0. The number of thiophene rings is 2. The molecule has 0 spiro atoms. The molecular weight excluding hydrogens is 538 g/mol. The molecule has 0 fully saturated rings. The number of nitrogens with zero attached hydrogens (tertiary/aromatic N) is 1. The number of esters is 1. The van der Waals surface area contributed by atoms with E-state index in [-0.39, 0.29) is 19.1 Å². The second-order valence-electron chi connectivity index (χ2n) is 9.11. The van der Waals surface area contributed by atoms with Gasteiger partial charge in [0.25, 0.3) is 0 Å². The number of carbonyl (C=O) groups is 3. The fourth-order valence-corrected chi connectivity index (χ4v) is 5.71. The number of carbonyl (C=O) groups excluding carboxylic acids is 3. The van der Waals surface area contributed by atoms with Gasteiger partial charge in [-0.1, -0.05) is 38.0 Å². The molecule has 0 saturated heterocycles. The van der Waals surface area contributed by atoms with Crippen LogP contribution in [0.25, 0.3) is 0 Å². The third-order valence-electron chi connectivity index (χ3n) is 6.32. The smallest absolute Gasteiger partial charge is 0.315 e. The zero-order valence-corrected chi connectivity index (χ0v) is 23.6. The standard InChI is InChI=1S/C28H33N3O6S2/c1-3-4-9-22(27(33)31(16-20-7-5-12-38-20)17-21-8-6-13-39-21)29-28(34)30-23(15-26(32)35-2)19-10-11-24-25(14-19)37-18-36-24/h5-8,10-14,22-23H,3-4,9,15-18H2,1-2H3,(H2,29,30,34)/t22-,23+/m1/s1. The summed E-state index contributed by atoms with van der Waals surface area (Å²) >= 11 is 3.19. The maximum Gasteiger partial charge on any atom is 0.315 e. The Balaban J connectivity index is 1.50. The van der Waals surface area contributed by atoms with E-state index in [2.05, 4.69) is 10.6 Å². The van der Waals surface area contributed by atoms with Crippen molar-refractivity contribution < 1.29 is 28.6 Å². The Labute approximate surface area is 236 Å². The van der Waals surface area contributed by atoms with Crippen LogP contribution < -0.4 is 20.1 Å². The largest absolute Gasteiger partial charge is 0.469 e. The van der Waals surface area contributed by atoms with Crippen LogP contribution in [0.5, 0.6) is 11.5 Å². The van der Waals surface area contributed by atoms with Crippen LogP contribution in [-0.4, -0.2) is 42.8 Å². The highest BCUT2D eigenvalue weighted by Gasteiger charge is 2.28. The fraction of sp³-hybridized carbons (Fsp3) is 0.393. The number of amides is 3. The lowest BCUT2D eigenvalue weighted by Crippen LogP contribution is -2.51. The summed E-state index contributed by atoms with van der Waals surface area (Å²) in [4.78, 5) is 43.2. The number of rotatable bonds is 13. The highest BCUT2D eigenvalue weighted by atomic mass is 32.1. The molecule has 4 rings (SSSR count). The molecule has 208 valence electrons. The highest BCUT2D eigenvalue weighted by Crippen LogP contribution is 2.35. The van der Waals surface area contributed by atoms with E-state index in [1.165, 1.54) is 7.11 Å². The van der Waals surface area contributed by atoms with Crippen LogP contribution in [0, 0.1) is 0 Å². The minimum atomic E-state index is -0.722. The van der Waals surface area contributed by atoms with Crippen molar-refractivity contribution in [3.8, 4) is 11.5 Å². The summed E-state index contributed by atoms with van der Waals surface area (Å²) in [5, 5.41) is 9.73. The van der Waals surface area contributed by atoms with E-state index in [1.807, 2.05) is 41.9 Å². The molecule has 2 N–H and O–H groups in total. The number of nitrogens with one attached hydrogen (secondary N) is 2. The van der Waals surface area contributed by atoms with Gasteiger partial charge in [0.1, 0.15) is 6.04 Å². The highest BCUT2D eigenvalue weighted by molar-refractivity contribution is 7.10. The van der Waals surface area contributed by atoms with Crippen molar-refractivity contribution in [2.45, 2.75) is 57.8 Å². The first kappa shape index (κ1) is 28.4. The van der Waals surface area contributed by atoms with E-state index >= 15 is 0 Å². The van der Waals surface area contributed by atoms with E-state index in [0.717, 1.165) is 22.6 Å². The van der Waals surface area contributed by atoms with Crippen LogP contribution in [0.3, 0.4) is 0 Å². The van der Waals surface area contributed by atoms with Gasteiger partial charge in [0.05, 0.1) is 32.7 Å². The molecule has 0 aliphatic carbocycles. The number of fused-ring (bicyclic) bond motifs is 1. The van der Waals surface area contributed by atoms with Crippen LogP contribution in [0.15, 0.2) is 53.2 Å². The van der Waals surface area contributed by atoms with Gasteiger partial charge in [-0.2, -0.15) is 0 Å². The average Bonchev–Trinajstić information content (AvgIpc) is 3.73. The monoisotopic (exact) mass is 571 g/mol. The third-order valence-corrected chi connectivity index (χ3v) is 8.04. The fourth-order valence-electron chi connectivity index (χ4n) is 4.27. The summed E-state index contributed by atoms with van der Waals surface area (Å²) in [6, 6.07) is 11.2. The zero-order chi connectivity index (χ0) is 27.6. The first-order valence-corrected chi connectivity index (χ1v) is 14.6. The van der Waals surface area contributed by atoms with E-state index in [4.69, 9.17) is 14.2 Å². The van der Waals surface area contributed by atoms with Gasteiger partial charge < -0.3 is 29.7 Å². The van der Waals surface area contributed by atoms with Crippen LogP contribution >= 0.6 is 22.7 Å². The minimum Gasteiger partial charge on any atom is -0.469 e. The average molecular weight is 572 g/mol. The Morgan fingerprint density at radius 1 is 1.00 bits per heavy atom. The molecule has 3 aromatic rings. The normalized spacial score (nSPS) is 13.4. The van der Waals surface area contributed by atoms with E-state index in [0.29, 0.717) is 36.6 Å². The predicted molar refractivity (Wildman–Crippen MR) is 150 cm³/mol. The lowest BCUT2D eigenvalue weighted by molar-refractivity contribution is -0.141. The van der Waals surface area contributed by atoms with Gasteiger partial charge in [-0.05, 0) is 47.0 Å². The molecule has 2 aromatic heterocycles. The van der Waals surface area contributed by atoms with E-state index in [9.17, 15) is 14.4 Å².